The summed E-state index contributed by atoms with van der Waals surface area (Å²) < 4.78 is 5.27. The molecular formula is C11H19N3O2. The Morgan fingerprint density at radius 2 is 2.38 bits per heavy atom. The molecule has 0 aliphatic rings. The van der Waals surface area contributed by atoms with Crippen molar-refractivity contribution in [2.75, 3.05) is 20.3 Å². The minimum atomic E-state index is 0.0947. The molecule has 1 aromatic heterocycles. The van der Waals surface area contributed by atoms with Gasteiger partial charge in [-0.15, -0.1) is 0 Å². The largest absolute Gasteiger partial charge is 0.381 e. The first-order valence-corrected chi connectivity index (χ1v) is 5.53. The van der Waals surface area contributed by atoms with Crippen LogP contribution in [0.2, 0.25) is 0 Å². The van der Waals surface area contributed by atoms with Crippen molar-refractivity contribution in [3.8, 4) is 0 Å². The highest BCUT2D eigenvalue weighted by molar-refractivity contribution is 5.75. The maximum Gasteiger partial charge on any atom is 0.224 e. The number of aromatic nitrogens is 2. The Labute approximate surface area is 95.8 Å². The predicted octanol–water partition coefficient (Wildman–Crippen LogP) is 1.18. The summed E-state index contributed by atoms with van der Waals surface area (Å²) in [5.41, 5.74) is 1.00. The van der Waals surface area contributed by atoms with Gasteiger partial charge in [0.15, 0.2) is 0 Å². The molecule has 5 heteroatoms. The summed E-state index contributed by atoms with van der Waals surface area (Å²) in [4.78, 5) is 13.3. The van der Waals surface area contributed by atoms with Gasteiger partial charge in [-0.05, 0) is 6.42 Å². The number of ether oxygens (including phenoxy) is 1. The summed E-state index contributed by atoms with van der Waals surface area (Å²) in [5.74, 6) is 0.0947. The Kier molecular flexibility index (Phi) is 5.56. The molecule has 0 unspecified atom stereocenters. The summed E-state index contributed by atoms with van der Waals surface area (Å²) in [6.45, 7) is 3.86. The van der Waals surface area contributed by atoms with Gasteiger partial charge in [0, 0.05) is 32.0 Å². The van der Waals surface area contributed by atoms with Gasteiger partial charge in [0.2, 0.25) is 5.91 Å². The lowest BCUT2D eigenvalue weighted by Gasteiger charge is -2.15. The molecule has 1 N–H and O–H groups in total. The van der Waals surface area contributed by atoms with Crippen molar-refractivity contribution in [2.24, 2.45) is 0 Å². The molecule has 16 heavy (non-hydrogen) atoms. The highest BCUT2D eigenvalue weighted by Gasteiger charge is 2.09. The number of nitrogens with zero attached hydrogens (tertiary/aromatic N) is 2. The second-order valence-electron chi connectivity index (χ2n) is 3.72. The van der Waals surface area contributed by atoms with E-state index in [9.17, 15) is 4.79 Å². The molecule has 0 aliphatic carbocycles. The van der Waals surface area contributed by atoms with E-state index in [4.69, 9.17) is 4.74 Å². The molecule has 0 saturated carbocycles. The van der Waals surface area contributed by atoms with E-state index in [0.717, 1.165) is 18.6 Å². The number of nitrogens with one attached hydrogen (secondary N) is 1. The minimum Gasteiger partial charge on any atom is -0.381 e. The van der Waals surface area contributed by atoms with Crippen LogP contribution < -0.4 is 0 Å². The van der Waals surface area contributed by atoms with E-state index in [1.165, 1.54) is 0 Å². The summed E-state index contributed by atoms with van der Waals surface area (Å²) in [6, 6.07) is 0. The van der Waals surface area contributed by atoms with E-state index in [1.807, 2.05) is 6.92 Å². The van der Waals surface area contributed by atoms with Crippen LogP contribution in [-0.2, 0) is 16.1 Å². The Bertz CT molecular complexity index is 298. The van der Waals surface area contributed by atoms with Crippen LogP contribution in [-0.4, -0.2) is 41.3 Å². The molecule has 0 spiro atoms. The summed E-state index contributed by atoms with van der Waals surface area (Å²) in [6.07, 6.45) is 4.93. The molecule has 0 aromatic carbocycles. The monoisotopic (exact) mass is 225 g/mol. The first-order valence-electron chi connectivity index (χ1n) is 5.53. The maximum absolute atomic E-state index is 11.6. The van der Waals surface area contributed by atoms with Crippen molar-refractivity contribution in [3.63, 3.8) is 0 Å². The molecule has 90 valence electrons. The van der Waals surface area contributed by atoms with Gasteiger partial charge in [-0.3, -0.25) is 9.89 Å². The van der Waals surface area contributed by atoms with Crippen molar-refractivity contribution >= 4 is 5.91 Å². The van der Waals surface area contributed by atoms with Crippen LogP contribution in [0, 0.1) is 0 Å². The Hall–Kier alpha value is -1.36. The fourth-order valence-corrected chi connectivity index (χ4v) is 1.32. The van der Waals surface area contributed by atoms with Crippen molar-refractivity contribution in [1.82, 2.24) is 15.1 Å². The number of hydrogen-bond donors (Lipinski definition) is 1. The number of H-pyrrole nitrogens is 1. The topological polar surface area (TPSA) is 58.2 Å². The Morgan fingerprint density at radius 3 is 3.00 bits per heavy atom. The van der Waals surface area contributed by atoms with E-state index in [0.29, 0.717) is 19.6 Å². The molecule has 0 radical (unpaired) electrons. The van der Waals surface area contributed by atoms with Crippen LogP contribution >= 0.6 is 0 Å². The van der Waals surface area contributed by atoms with Gasteiger partial charge in [0.1, 0.15) is 0 Å². The van der Waals surface area contributed by atoms with Gasteiger partial charge in [0.05, 0.1) is 19.2 Å². The summed E-state index contributed by atoms with van der Waals surface area (Å²) >= 11 is 0. The number of carbonyl (C=O) groups is 1. The van der Waals surface area contributed by atoms with Crippen LogP contribution in [0.25, 0.3) is 0 Å². The molecule has 5 nitrogen and oxygen atoms in total. The zero-order valence-corrected chi connectivity index (χ0v) is 9.90. The highest BCUT2D eigenvalue weighted by atomic mass is 16.5. The smallest absolute Gasteiger partial charge is 0.224 e. The van der Waals surface area contributed by atoms with Crippen molar-refractivity contribution < 1.29 is 9.53 Å². The normalized spacial score (nSPS) is 10.4. The first-order chi connectivity index (χ1) is 7.74. The first kappa shape index (κ1) is 12.7. The Balaban J connectivity index is 2.20. The molecule has 1 amide bonds. The SMILES string of the molecule is CCCOCCC(=O)N(C)Cc1cn[nH]c1. The minimum absolute atomic E-state index is 0.0947. The molecule has 0 saturated heterocycles. The van der Waals surface area contributed by atoms with Crippen molar-refractivity contribution in [3.05, 3.63) is 18.0 Å². The van der Waals surface area contributed by atoms with Crippen LogP contribution in [0.4, 0.5) is 0 Å². The van der Waals surface area contributed by atoms with E-state index in [2.05, 4.69) is 10.2 Å². The Morgan fingerprint density at radius 1 is 1.56 bits per heavy atom. The van der Waals surface area contributed by atoms with Gasteiger partial charge in [-0.25, -0.2) is 0 Å². The lowest BCUT2D eigenvalue weighted by Crippen LogP contribution is -2.26. The molecule has 1 heterocycles. The van der Waals surface area contributed by atoms with Crippen LogP contribution in [0.5, 0.6) is 0 Å². The zero-order valence-electron chi connectivity index (χ0n) is 9.90. The fraction of sp³-hybridized carbons (Fsp3) is 0.636. The number of hydrogen-bond acceptors (Lipinski definition) is 3. The quantitative estimate of drug-likeness (QED) is 0.709. The predicted molar refractivity (Wildman–Crippen MR) is 60.8 cm³/mol. The van der Waals surface area contributed by atoms with Crippen molar-refractivity contribution in [2.45, 2.75) is 26.3 Å². The van der Waals surface area contributed by atoms with Crippen molar-refractivity contribution in [1.29, 1.82) is 0 Å². The third-order valence-corrected chi connectivity index (χ3v) is 2.21. The van der Waals surface area contributed by atoms with E-state index in [1.54, 1.807) is 24.3 Å². The van der Waals surface area contributed by atoms with Gasteiger partial charge in [-0.1, -0.05) is 6.92 Å². The van der Waals surface area contributed by atoms with Crippen LogP contribution in [0.3, 0.4) is 0 Å². The zero-order chi connectivity index (χ0) is 11.8. The number of rotatable bonds is 7. The number of aromatic amines is 1. The molecule has 0 atom stereocenters. The van der Waals surface area contributed by atoms with E-state index in [-0.39, 0.29) is 5.91 Å². The highest BCUT2D eigenvalue weighted by Crippen LogP contribution is 2.01. The maximum atomic E-state index is 11.6. The fourth-order valence-electron chi connectivity index (χ4n) is 1.32. The van der Waals surface area contributed by atoms with E-state index >= 15 is 0 Å². The molecule has 0 bridgehead atoms. The van der Waals surface area contributed by atoms with Gasteiger partial charge in [-0.2, -0.15) is 5.10 Å². The average Bonchev–Trinajstić information content (AvgIpc) is 2.76. The molecule has 0 aliphatic heterocycles. The number of amides is 1. The van der Waals surface area contributed by atoms with Crippen LogP contribution in [0.15, 0.2) is 12.4 Å². The third kappa shape index (κ3) is 4.44. The summed E-state index contributed by atoms with van der Waals surface area (Å²) in [7, 11) is 1.79. The molecule has 0 fully saturated rings. The second-order valence-corrected chi connectivity index (χ2v) is 3.72. The van der Waals surface area contributed by atoms with Crippen LogP contribution in [0.1, 0.15) is 25.3 Å². The lowest BCUT2D eigenvalue weighted by molar-refractivity contribution is -0.131. The molecule has 1 aromatic rings. The average molecular weight is 225 g/mol. The second kappa shape index (κ2) is 7.00. The number of carbonyl (C=O) groups excluding carboxylic acids is 1. The molecule has 1 rings (SSSR count). The van der Waals surface area contributed by atoms with Gasteiger partial charge in [0.25, 0.3) is 0 Å². The standard InChI is InChI=1S/C11H19N3O2/c1-3-5-16-6-4-11(15)14(2)9-10-7-12-13-8-10/h7-8H,3-6,9H2,1-2H3,(H,12,13). The lowest BCUT2D eigenvalue weighted by atomic mass is 10.3. The summed E-state index contributed by atoms with van der Waals surface area (Å²) in [5, 5.41) is 6.55. The third-order valence-electron chi connectivity index (χ3n) is 2.21. The van der Waals surface area contributed by atoms with Gasteiger partial charge >= 0.3 is 0 Å². The van der Waals surface area contributed by atoms with Gasteiger partial charge < -0.3 is 9.64 Å². The molecular weight excluding hydrogens is 206 g/mol. The van der Waals surface area contributed by atoms with E-state index < -0.39 is 0 Å².